The molecule has 0 atom stereocenters. The topological polar surface area (TPSA) is 253 Å². The van der Waals surface area contributed by atoms with Gasteiger partial charge in [-0.05, 0) is 88.0 Å². The minimum Gasteiger partial charge on any atom is -0.481 e. The van der Waals surface area contributed by atoms with E-state index < -0.39 is 24.3 Å². The van der Waals surface area contributed by atoms with Crippen molar-refractivity contribution >= 4 is 54.0 Å². The van der Waals surface area contributed by atoms with Crippen LogP contribution in [0.4, 0.5) is 0 Å². The zero-order chi connectivity index (χ0) is 51.6. The lowest BCUT2D eigenvalue weighted by Crippen LogP contribution is -2.46. The van der Waals surface area contributed by atoms with Crippen molar-refractivity contribution in [2.24, 2.45) is 0 Å². The van der Waals surface area contributed by atoms with Gasteiger partial charge in [0.2, 0.25) is 17.7 Å². The van der Waals surface area contributed by atoms with Crippen molar-refractivity contribution in [3.8, 4) is 0 Å². The molecule has 0 rings (SSSR count). The first-order valence-corrected chi connectivity index (χ1v) is 25.6. The average molecular weight is 980 g/mol. The van der Waals surface area contributed by atoms with Crippen LogP contribution >= 0.6 is 0 Å². The number of hydrogen-bond acceptors (Lipinski definition) is 15. The van der Waals surface area contributed by atoms with Crippen LogP contribution < -0.4 is 16.0 Å². The van der Waals surface area contributed by atoms with Crippen LogP contribution in [-0.2, 0) is 64.8 Å². The summed E-state index contributed by atoms with van der Waals surface area (Å²) in [5.74, 6) is -2.01. The lowest BCUT2D eigenvalue weighted by Gasteiger charge is -2.28. The van der Waals surface area contributed by atoms with Gasteiger partial charge in [0, 0.05) is 101 Å². The lowest BCUT2D eigenvalue weighted by atomic mass is 10.3. The normalized spacial score (nSPS) is 9.98. The van der Waals surface area contributed by atoms with Crippen molar-refractivity contribution in [3.63, 3.8) is 0 Å². The first-order chi connectivity index (χ1) is 31.3. The highest BCUT2D eigenvalue weighted by molar-refractivity contribution is 6.60. The third-order valence-corrected chi connectivity index (χ3v) is 12.1. The number of aliphatic carboxylic acids is 1. The molecule has 19 nitrogen and oxygen atoms in total. The molecule has 0 saturated carbocycles. The Morgan fingerprint density at radius 3 is 1.20 bits per heavy atom. The molecule has 0 aliphatic carbocycles. The Labute approximate surface area is 398 Å². The predicted octanol–water partition coefficient (Wildman–Crippen LogP) is 5.15. The van der Waals surface area contributed by atoms with E-state index in [1.807, 2.05) is 41.5 Å². The highest BCUT2D eigenvalue weighted by Crippen LogP contribution is 2.18. The zero-order valence-electron chi connectivity index (χ0n) is 41.5. The first kappa shape index (κ1) is 70.7. The van der Waals surface area contributed by atoms with Crippen molar-refractivity contribution < 1.29 is 75.0 Å². The highest BCUT2D eigenvalue weighted by Gasteiger charge is 2.39. The minimum atomic E-state index is -2.67. The second-order valence-corrected chi connectivity index (χ2v) is 17.5. The summed E-state index contributed by atoms with van der Waals surface area (Å²) in [7, 11) is -4.40. The second kappa shape index (κ2) is 51.7. The number of aliphatic hydroxyl groups excluding tert-OH is 1. The zero-order valence-corrected chi connectivity index (χ0v) is 43.7. The standard InChI is InChI=1S/C17H33NO6Si.C11H17NO3.C8H13NO3.C6H16O3Si.C3H6O/c1-6-22-25(23-7-2,24-8-3)14-10-13-21-16(19)11-9-12-18-17(20)15(4)5;1-4-8-15-10(13)6-5-7-12-11(14)9(2)3;1-6(2)8(12)9-5-3-4-7(10)11;1-4-7-10(8-5-2)9-6-3;1-2-3-4/h4,6-14H2,1-3,5H3,(H,18,20);4H,1-2,5-8H2,3H3,(H,12,14);1,3-5H2,2H3,(H,9,12)(H,10,11);10H,4-6H2,1-3H3;2,4H,1,3H2. The number of carbonyl (C=O) groups excluding carboxylic acids is 5. The minimum absolute atomic E-state index is 0.0798. The molecule has 0 spiro atoms. The van der Waals surface area contributed by atoms with E-state index in [9.17, 15) is 28.8 Å². The van der Waals surface area contributed by atoms with E-state index in [-0.39, 0.29) is 55.7 Å². The largest absolute Gasteiger partial charge is 0.501 e. The van der Waals surface area contributed by atoms with Crippen molar-refractivity contribution in [2.75, 3.05) is 79.1 Å². The van der Waals surface area contributed by atoms with Crippen LogP contribution in [0.1, 0.15) is 107 Å². The Balaban J connectivity index is -0.000000259. The molecule has 0 aliphatic heterocycles. The Bertz CT molecular complexity index is 1340. The van der Waals surface area contributed by atoms with E-state index in [0.29, 0.717) is 121 Å². The highest BCUT2D eigenvalue weighted by atomic mass is 28.4. The van der Waals surface area contributed by atoms with Gasteiger partial charge in [0.05, 0.1) is 13.2 Å². The van der Waals surface area contributed by atoms with Crippen LogP contribution in [0, 0.1) is 0 Å². The average Bonchev–Trinajstić information content (AvgIpc) is 3.27. The number of carboxylic acids is 1. The van der Waals surface area contributed by atoms with Crippen molar-refractivity contribution in [1.82, 2.24) is 16.0 Å². The summed E-state index contributed by atoms with van der Waals surface area (Å²) >= 11 is 0. The number of aliphatic hydroxyl groups is 1. The molecular formula is C45H85N3O16Si2. The molecule has 66 heavy (non-hydrogen) atoms. The summed E-state index contributed by atoms with van der Waals surface area (Å²) in [6, 6.07) is 0.616. The van der Waals surface area contributed by atoms with Crippen LogP contribution in [0.25, 0.3) is 0 Å². The Morgan fingerprint density at radius 2 is 0.909 bits per heavy atom. The fraction of sp³-hybridized carbons (Fsp3) is 0.644. The van der Waals surface area contributed by atoms with E-state index in [4.69, 9.17) is 46.2 Å². The Morgan fingerprint density at radius 1 is 0.561 bits per heavy atom. The van der Waals surface area contributed by atoms with E-state index in [0.717, 1.165) is 0 Å². The molecule has 0 fully saturated rings. The van der Waals surface area contributed by atoms with Gasteiger partial charge in [-0.25, -0.2) is 0 Å². The van der Waals surface area contributed by atoms with Crippen molar-refractivity contribution in [1.29, 1.82) is 0 Å². The van der Waals surface area contributed by atoms with Crippen LogP contribution in [0.15, 0.2) is 61.8 Å². The third-order valence-electron chi connectivity index (χ3n) is 7.08. The van der Waals surface area contributed by atoms with Gasteiger partial charge in [-0.15, -0.1) is 6.58 Å². The molecule has 0 saturated heterocycles. The number of carboxylic acid groups (broad SMARTS) is 1. The molecule has 21 heteroatoms. The monoisotopic (exact) mass is 980 g/mol. The summed E-state index contributed by atoms with van der Waals surface area (Å²) in [5, 5.41) is 23.9. The molecule has 384 valence electrons. The van der Waals surface area contributed by atoms with Crippen LogP contribution in [0.3, 0.4) is 0 Å². The van der Waals surface area contributed by atoms with Gasteiger partial charge in [0.15, 0.2) is 0 Å². The third kappa shape index (κ3) is 52.3. The van der Waals surface area contributed by atoms with Gasteiger partial charge in [-0.3, -0.25) is 28.8 Å². The summed E-state index contributed by atoms with van der Waals surface area (Å²) in [6.45, 7) is 39.1. The van der Waals surface area contributed by atoms with Gasteiger partial charge in [-0.1, -0.05) is 38.5 Å². The molecule has 3 amide bonds. The molecule has 0 bridgehead atoms. The molecule has 0 heterocycles. The molecule has 0 aliphatic rings. The van der Waals surface area contributed by atoms with Gasteiger partial charge in [0.1, 0.15) is 6.61 Å². The first-order valence-electron chi connectivity index (χ1n) is 22.2. The molecule has 0 aromatic rings. The van der Waals surface area contributed by atoms with Gasteiger partial charge in [0.25, 0.3) is 0 Å². The van der Waals surface area contributed by atoms with Crippen LogP contribution in [-0.4, -0.2) is 143 Å². The van der Waals surface area contributed by atoms with Gasteiger partial charge < -0.3 is 62.2 Å². The molecule has 0 aromatic heterocycles. The van der Waals surface area contributed by atoms with Crippen LogP contribution in [0.5, 0.6) is 0 Å². The number of rotatable bonds is 34. The summed E-state index contributed by atoms with van der Waals surface area (Å²) < 4.78 is 42.9. The Kier molecular flexibility index (Phi) is 55.3. The van der Waals surface area contributed by atoms with Crippen LogP contribution in [0.2, 0.25) is 6.04 Å². The van der Waals surface area contributed by atoms with E-state index in [1.54, 1.807) is 20.8 Å². The summed E-state index contributed by atoms with van der Waals surface area (Å²) in [6.07, 6.45) is 5.77. The number of esters is 2. The van der Waals surface area contributed by atoms with Gasteiger partial charge in [-0.2, -0.15) is 0 Å². The number of amides is 3. The smallest absolute Gasteiger partial charge is 0.481 e. The maximum absolute atomic E-state index is 11.7. The number of ether oxygens (including phenoxy) is 2. The quantitative estimate of drug-likeness (QED) is 0.0184. The molecule has 0 unspecified atom stereocenters. The van der Waals surface area contributed by atoms with Gasteiger partial charge >= 0.3 is 36.2 Å². The fourth-order valence-corrected chi connectivity index (χ4v) is 7.77. The molecule has 0 aromatic carbocycles. The van der Waals surface area contributed by atoms with E-state index >= 15 is 0 Å². The number of carbonyl (C=O) groups is 6. The Hall–Kier alpha value is -4.33. The summed E-state index contributed by atoms with van der Waals surface area (Å²) in [4.78, 5) is 65.9. The van der Waals surface area contributed by atoms with E-state index in [2.05, 4.69) is 48.8 Å². The maximum Gasteiger partial charge on any atom is 0.501 e. The second-order valence-electron chi connectivity index (χ2n) is 13.2. The fourth-order valence-electron chi connectivity index (χ4n) is 4.09. The SMILES string of the molecule is C=C(C)C(=O)NCCCC(=O)O.C=C(C)C(=O)NCCCC(=O)OCCC[Si](OCC)(OCC)OCC.C=CCO.C=CCOC(=O)CCCNC(=O)C(=C)C.CCO[SiH](OCC)OCC. The molecule has 0 radical (unpaired) electrons. The number of hydrogen-bond donors (Lipinski definition) is 5. The molecule has 5 N–H and O–H groups in total. The summed E-state index contributed by atoms with van der Waals surface area (Å²) in [5.41, 5.74) is 1.35. The predicted molar refractivity (Wildman–Crippen MR) is 260 cm³/mol. The van der Waals surface area contributed by atoms with Crippen molar-refractivity contribution in [2.45, 2.75) is 113 Å². The number of nitrogens with one attached hydrogen (secondary N) is 3. The lowest BCUT2D eigenvalue weighted by molar-refractivity contribution is -0.144. The maximum atomic E-state index is 11.7. The van der Waals surface area contributed by atoms with Crippen molar-refractivity contribution in [3.05, 3.63) is 61.8 Å². The van der Waals surface area contributed by atoms with E-state index in [1.165, 1.54) is 12.2 Å². The molecular weight excluding hydrogens is 895 g/mol.